The maximum absolute atomic E-state index is 11.9. The van der Waals surface area contributed by atoms with Crippen molar-refractivity contribution in [3.63, 3.8) is 0 Å². The van der Waals surface area contributed by atoms with Crippen LogP contribution in [-0.2, 0) is 11.8 Å². The molecule has 0 saturated heterocycles. The van der Waals surface area contributed by atoms with Crippen LogP contribution in [0.1, 0.15) is 27.6 Å². The smallest absolute Gasteiger partial charge is 0.343 e. The highest BCUT2D eigenvalue weighted by atomic mass is 16.5. The summed E-state index contributed by atoms with van der Waals surface area (Å²) in [5.41, 5.74) is 0.567. The minimum atomic E-state index is -0.530. The Morgan fingerprint density at radius 3 is 2.95 bits per heavy atom. The first-order valence-corrected chi connectivity index (χ1v) is 5.66. The molecule has 7 nitrogen and oxygen atoms in total. The Morgan fingerprint density at radius 2 is 2.32 bits per heavy atom. The van der Waals surface area contributed by atoms with E-state index < -0.39 is 5.97 Å². The van der Waals surface area contributed by atoms with Gasteiger partial charge in [0.1, 0.15) is 17.6 Å². The summed E-state index contributed by atoms with van der Waals surface area (Å²) in [5, 5.41) is 6.53. The van der Waals surface area contributed by atoms with Crippen molar-refractivity contribution in [2.45, 2.75) is 6.92 Å². The molecule has 1 N–H and O–H groups in total. The molecule has 0 aliphatic rings. The Hall–Kier alpha value is -2.57. The van der Waals surface area contributed by atoms with Gasteiger partial charge < -0.3 is 14.5 Å². The molecule has 0 radical (unpaired) electrons. The third-order valence-corrected chi connectivity index (χ3v) is 2.45. The molecule has 100 valence electrons. The van der Waals surface area contributed by atoms with Gasteiger partial charge in [0.15, 0.2) is 0 Å². The highest BCUT2D eigenvalue weighted by Gasteiger charge is 2.19. The van der Waals surface area contributed by atoms with E-state index in [1.165, 1.54) is 29.5 Å². The Morgan fingerprint density at radius 1 is 1.53 bits per heavy atom. The summed E-state index contributed by atoms with van der Waals surface area (Å²) >= 11 is 0. The van der Waals surface area contributed by atoms with E-state index in [1.807, 2.05) is 0 Å². The van der Waals surface area contributed by atoms with Gasteiger partial charge in [-0.1, -0.05) is 0 Å². The van der Waals surface area contributed by atoms with Gasteiger partial charge in [0, 0.05) is 7.05 Å². The van der Waals surface area contributed by atoms with Crippen LogP contribution in [0.15, 0.2) is 29.2 Å². The van der Waals surface area contributed by atoms with Crippen molar-refractivity contribution < 1.29 is 18.7 Å². The molecule has 0 saturated carbocycles. The van der Waals surface area contributed by atoms with Gasteiger partial charge in [0.2, 0.25) is 0 Å². The topological polar surface area (TPSA) is 86.4 Å². The summed E-state index contributed by atoms with van der Waals surface area (Å²) in [4.78, 5) is 23.6. The molecular weight excluding hydrogens is 250 g/mol. The molecule has 2 aromatic heterocycles. The lowest BCUT2D eigenvalue weighted by atomic mass is 10.3. The Kier molecular flexibility index (Phi) is 3.65. The van der Waals surface area contributed by atoms with Crippen LogP contribution >= 0.6 is 0 Å². The predicted molar refractivity (Wildman–Crippen MR) is 65.8 cm³/mol. The number of rotatable bonds is 4. The monoisotopic (exact) mass is 263 g/mol. The van der Waals surface area contributed by atoms with E-state index in [0.717, 1.165) is 0 Å². The quantitative estimate of drug-likeness (QED) is 0.843. The number of esters is 1. The van der Waals surface area contributed by atoms with Crippen LogP contribution in [-0.4, -0.2) is 28.3 Å². The zero-order valence-electron chi connectivity index (χ0n) is 10.5. The normalized spacial score (nSPS) is 10.2. The average molecular weight is 263 g/mol. The van der Waals surface area contributed by atoms with E-state index in [2.05, 4.69) is 10.4 Å². The first-order valence-electron chi connectivity index (χ1n) is 5.66. The zero-order chi connectivity index (χ0) is 13.8. The number of aryl methyl sites for hydroxylation is 1. The van der Waals surface area contributed by atoms with Crippen molar-refractivity contribution in [1.29, 1.82) is 0 Å². The number of hydrogen-bond donors (Lipinski definition) is 1. The van der Waals surface area contributed by atoms with Crippen LogP contribution < -0.4 is 5.32 Å². The average Bonchev–Trinajstić information content (AvgIpc) is 3.01. The number of ether oxygens (including phenoxy) is 1. The molecule has 0 unspecified atom stereocenters. The number of anilines is 1. The van der Waals surface area contributed by atoms with Crippen molar-refractivity contribution in [2.75, 3.05) is 11.9 Å². The van der Waals surface area contributed by atoms with Crippen LogP contribution in [0.5, 0.6) is 0 Å². The highest BCUT2D eigenvalue weighted by Crippen LogP contribution is 2.16. The molecule has 0 aliphatic carbocycles. The molecule has 0 atom stereocenters. The van der Waals surface area contributed by atoms with Crippen LogP contribution in [0.4, 0.5) is 5.82 Å². The van der Waals surface area contributed by atoms with Gasteiger partial charge in [-0.15, -0.1) is 0 Å². The lowest BCUT2D eigenvalue weighted by molar-refractivity contribution is 0.0527. The number of carbonyl (C=O) groups excluding carboxylic acids is 2. The molecule has 0 bridgehead atoms. The fourth-order valence-electron chi connectivity index (χ4n) is 1.52. The van der Waals surface area contributed by atoms with Crippen LogP contribution in [0.25, 0.3) is 0 Å². The number of furan rings is 1. The standard InChI is InChI=1S/C12H13N3O4/c1-3-19-12(17)9-6-13-15(2)10(9)14-11(16)8-4-5-18-7-8/h4-7H,3H2,1-2H3,(H,14,16). The predicted octanol–water partition coefficient (Wildman–Crippen LogP) is 1.44. The lowest BCUT2D eigenvalue weighted by Gasteiger charge is -2.06. The van der Waals surface area contributed by atoms with Crippen LogP contribution in [0, 0.1) is 0 Å². The summed E-state index contributed by atoms with van der Waals surface area (Å²) in [6, 6.07) is 1.52. The van der Waals surface area contributed by atoms with E-state index in [4.69, 9.17) is 9.15 Å². The summed E-state index contributed by atoms with van der Waals surface area (Å²) in [7, 11) is 1.62. The molecule has 2 aromatic rings. The molecule has 0 fully saturated rings. The van der Waals surface area contributed by atoms with E-state index in [-0.39, 0.29) is 23.9 Å². The van der Waals surface area contributed by atoms with Gasteiger partial charge >= 0.3 is 5.97 Å². The lowest BCUT2D eigenvalue weighted by Crippen LogP contribution is -2.17. The van der Waals surface area contributed by atoms with Gasteiger partial charge in [0.05, 0.1) is 24.6 Å². The number of nitrogens with zero attached hydrogens (tertiary/aromatic N) is 2. The molecule has 0 aliphatic heterocycles. The van der Waals surface area contributed by atoms with Crippen LogP contribution in [0.2, 0.25) is 0 Å². The fraction of sp³-hybridized carbons (Fsp3) is 0.250. The summed E-state index contributed by atoms with van der Waals surface area (Å²) in [5.74, 6) is -0.634. The Labute approximate surface area is 109 Å². The van der Waals surface area contributed by atoms with E-state index in [0.29, 0.717) is 5.56 Å². The maximum Gasteiger partial charge on any atom is 0.343 e. The first-order chi connectivity index (χ1) is 9.13. The van der Waals surface area contributed by atoms with Crippen molar-refractivity contribution in [1.82, 2.24) is 9.78 Å². The number of hydrogen-bond acceptors (Lipinski definition) is 5. The summed E-state index contributed by atoms with van der Waals surface area (Å²) < 4.78 is 11.1. The second-order valence-electron chi connectivity index (χ2n) is 3.72. The summed E-state index contributed by atoms with van der Waals surface area (Å²) in [6.07, 6.45) is 4.06. The van der Waals surface area contributed by atoms with E-state index >= 15 is 0 Å². The van der Waals surface area contributed by atoms with E-state index in [9.17, 15) is 9.59 Å². The van der Waals surface area contributed by atoms with Crippen LogP contribution in [0.3, 0.4) is 0 Å². The molecule has 0 spiro atoms. The Balaban J connectivity index is 2.22. The third kappa shape index (κ3) is 2.65. The number of aromatic nitrogens is 2. The van der Waals surface area contributed by atoms with Crippen molar-refractivity contribution in [2.24, 2.45) is 7.05 Å². The van der Waals surface area contributed by atoms with Crippen molar-refractivity contribution in [3.05, 3.63) is 35.9 Å². The molecule has 2 heterocycles. The third-order valence-electron chi connectivity index (χ3n) is 2.45. The minimum absolute atomic E-state index is 0.209. The molecule has 7 heteroatoms. The molecule has 19 heavy (non-hydrogen) atoms. The van der Waals surface area contributed by atoms with Gasteiger partial charge in [0.25, 0.3) is 5.91 Å². The number of amides is 1. The second-order valence-corrected chi connectivity index (χ2v) is 3.72. The Bertz CT molecular complexity index is 586. The van der Waals surface area contributed by atoms with Gasteiger partial charge in [-0.25, -0.2) is 4.79 Å². The van der Waals surface area contributed by atoms with Gasteiger partial charge in [-0.2, -0.15) is 5.10 Å². The van der Waals surface area contributed by atoms with Crippen molar-refractivity contribution in [3.8, 4) is 0 Å². The maximum atomic E-state index is 11.9. The first kappa shape index (κ1) is 12.9. The number of carbonyl (C=O) groups is 2. The highest BCUT2D eigenvalue weighted by molar-refractivity contribution is 6.07. The number of nitrogens with one attached hydrogen (secondary N) is 1. The van der Waals surface area contributed by atoms with E-state index in [1.54, 1.807) is 14.0 Å². The van der Waals surface area contributed by atoms with Gasteiger partial charge in [-0.3, -0.25) is 9.48 Å². The minimum Gasteiger partial charge on any atom is -0.472 e. The fourth-order valence-corrected chi connectivity index (χ4v) is 1.52. The SMILES string of the molecule is CCOC(=O)c1cnn(C)c1NC(=O)c1ccoc1. The molecule has 2 rings (SSSR count). The zero-order valence-corrected chi connectivity index (χ0v) is 10.5. The second kappa shape index (κ2) is 5.38. The van der Waals surface area contributed by atoms with Crippen molar-refractivity contribution >= 4 is 17.7 Å². The molecule has 1 amide bonds. The largest absolute Gasteiger partial charge is 0.472 e. The molecular formula is C12H13N3O4. The summed E-state index contributed by atoms with van der Waals surface area (Å²) in [6.45, 7) is 1.96. The van der Waals surface area contributed by atoms with Gasteiger partial charge in [-0.05, 0) is 13.0 Å². The molecule has 0 aromatic carbocycles.